The molecule has 1 aromatic rings. The Morgan fingerprint density at radius 3 is 2.52 bits per heavy atom. The summed E-state index contributed by atoms with van der Waals surface area (Å²) in [5.74, 6) is 1.23. The smallest absolute Gasteiger partial charge is 0.239 e. The number of nitrogens with zero attached hydrogens (tertiary/aromatic N) is 1. The summed E-state index contributed by atoms with van der Waals surface area (Å²) in [6.07, 6.45) is 4.17. The number of rotatable bonds is 3. The van der Waals surface area contributed by atoms with Gasteiger partial charge in [-0.3, -0.25) is 4.79 Å². The molecule has 2 fully saturated rings. The van der Waals surface area contributed by atoms with E-state index in [1.54, 1.807) is 0 Å². The van der Waals surface area contributed by atoms with Gasteiger partial charge in [0.25, 0.3) is 0 Å². The first kappa shape index (κ1) is 18.1. The third-order valence-corrected chi connectivity index (χ3v) is 4.89. The quantitative estimate of drug-likeness (QED) is 0.921. The number of piperidine rings is 1. The van der Waals surface area contributed by atoms with Crippen molar-refractivity contribution in [2.24, 2.45) is 0 Å². The summed E-state index contributed by atoms with van der Waals surface area (Å²) >= 11 is 0. The Kier molecular flexibility index (Phi) is 6.31. The molecular formula is C18H27ClN2O2. The van der Waals surface area contributed by atoms with Crippen molar-refractivity contribution >= 4 is 18.3 Å². The monoisotopic (exact) mass is 338 g/mol. The lowest BCUT2D eigenvalue weighted by atomic mass is 10.1. The molecule has 0 radical (unpaired) electrons. The molecule has 2 aliphatic rings. The highest BCUT2D eigenvalue weighted by Crippen LogP contribution is 2.22. The average Bonchev–Trinajstić information content (AvgIpc) is 3.05. The maximum Gasteiger partial charge on any atom is 0.239 e. The standard InChI is InChI=1S/C18H26N2O2.ClH/c1-13-5-6-16(12-14(13)2)22-15-7-10-20(11-8-15)18(21)17-4-3-9-19-17;/h5-6,12,15,17,19H,3-4,7-11H2,1-2H3;1H. The van der Waals surface area contributed by atoms with Crippen molar-refractivity contribution in [2.75, 3.05) is 19.6 Å². The SMILES string of the molecule is Cc1ccc(OC2CCN(C(=O)C3CCCN3)CC2)cc1C.Cl. The van der Waals surface area contributed by atoms with E-state index in [2.05, 4.69) is 31.3 Å². The lowest BCUT2D eigenvalue weighted by Crippen LogP contribution is -2.48. The summed E-state index contributed by atoms with van der Waals surface area (Å²) in [6.45, 7) is 6.82. The van der Waals surface area contributed by atoms with Gasteiger partial charge in [-0.1, -0.05) is 6.07 Å². The molecule has 1 amide bonds. The van der Waals surface area contributed by atoms with Crippen molar-refractivity contribution < 1.29 is 9.53 Å². The number of ether oxygens (including phenoxy) is 1. The molecule has 5 heteroatoms. The van der Waals surface area contributed by atoms with Gasteiger partial charge < -0.3 is 15.0 Å². The van der Waals surface area contributed by atoms with Crippen LogP contribution >= 0.6 is 12.4 Å². The molecule has 0 saturated carbocycles. The molecule has 23 heavy (non-hydrogen) atoms. The highest BCUT2D eigenvalue weighted by atomic mass is 35.5. The zero-order chi connectivity index (χ0) is 15.5. The van der Waals surface area contributed by atoms with Crippen LogP contribution in [0.15, 0.2) is 18.2 Å². The van der Waals surface area contributed by atoms with Crippen LogP contribution < -0.4 is 10.1 Å². The van der Waals surface area contributed by atoms with Gasteiger partial charge in [-0.05, 0) is 56.5 Å². The fraction of sp³-hybridized carbons (Fsp3) is 0.611. The number of hydrogen-bond acceptors (Lipinski definition) is 3. The fourth-order valence-electron chi connectivity index (χ4n) is 3.29. The molecule has 0 spiro atoms. The minimum Gasteiger partial charge on any atom is -0.490 e. The zero-order valence-electron chi connectivity index (χ0n) is 14.0. The molecule has 2 aliphatic heterocycles. The first-order valence-electron chi connectivity index (χ1n) is 8.39. The second kappa shape index (κ2) is 8.02. The van der Waals surface area contributed by atoms with E-state index in [1.807, 2.05) is 11.0 Å². The van der Waals surface area contributed by atoms with E-state index in [4.69, 9.17) is 4.74 Å². The van der Waals surface area contributed by atoms with Gasteiger partial charge in [0.15, 0.2) is 0 Å². The molecule has 1 N–H and O–H groups in total. The number of carbonyl (C=O) groups excluding carboxylic acids is 1. The summed E-state index contributed by atoms with van der Waals surface area (Å²) in [7, 11) is 0. The van der Waals surface area contributed by atoms with Crippen molar-refractivity contribution in [2.45, 2.75) is 51.7 Å². The van der Waals surface area contributed by atoms with Gasteiger partial charge in [0.2, 0.25) is 5.91 Å². The number of benzene rings is 1. The van der Waals surface area contributed by atoms with Crippen LogP contribution in [0.2, 0.25) is 0 Å². The number of carbonyl (C=O) groups is 1. The van der Waals surface area contributed by atoms with Gasteiger partial charge in [0, 0.05) is 25.9 Å². The Balaban J connectivity index is 0.00000192. The predicted molar refractivity (Wildman–Crippen MR) is 94.4 cm³/mol. The minimum absolute atomic E-state index is 0. The van der Waals surface area contributed by atoms with Crippen molar-refractivity contribution in [3.05, 3.63) is 29.3 Å². The minimum atomic E-state index is 0. The molecule has 0 aliphatic carbocycles. The summed E-state index contributed by atoms with van der Waals surface area (Å²) in [6, 6.07) is 6.31. The van der Waals surface area contributed by atoms with Crippen LogP contribution in [-0.4, -0.2) is 42.6 Å². The molecule has 1 aromatic carbocycles. The number of likely N-dealkylation sites (tertiary alicyclic amines) is 1. The van der Waals surface area contributed by atoms with Gasteiger partial charge in [-0.25, -0.2) is 0 Å². The highest BCUT2D eigenvalue weighted by Gasteiger charge is 2.30. The molecule has 3 rings (SSSR count). The molecular weight excluding hydrogens is 312 g/mol. The van der Waals surface area contributed by atoms with E-state index in [0.717, 1.165) is 51.1 Å². The number of halogens is 1. The van der Waals surface area contributed by atoms with Gasteiger partial charge in [0.1, 0.15) is 11.9 Å². The van der Waals surface area contributed by atoms with Crippen LogP contribution in [0.1, 0.15) is 36.8 Å². The van der Waals surface area contributed by atoms with Gasteiger partial charge in [-0.15, -0.1) is 12.4 Å². The molecule has 2 heterocycles. The summed E-state index contributed by atoms with van der Waals surface area (Å²) < 4.78 is 6.09. The van der Waals surface area contributed by atoms with Crippen LogP contribution in [0.25, 0.3) is 0 Å². The summed E-state index contributed by atoms with van der Waals surface area (Å²) in [5, 5.41) is 3.29. The van der Waals surface area contributed by atoms with Crippen molar-refractivity contribution in [1.29, 1.82) is 0 Å². The van der Waals surface area contributed by atoms with E-state index in [0.29, 0.717) is 0 Å². The maximum absolute atomic E-state index is 12.4. The van der Waals surface area contributed by atoms with Crippen LogP contribution in [-0.2, 0) is 4.79 Å². The van der Waals surface area contributed by atoms with E-state index in [9.17, 15) is 4.79 Å². The van der Waals surface area contributed by atoms with Gasteiger partial charge in [-0.2, -0.15) is 0 Å². The molecule has 128 valence electrons. The number of hydrogen-bond donors (Lipinski definition) is 1. The van der Waals surface area contributed by atoms with Crippen molar-refractivity contribution in [3.63, 3.8) is 0 Å². The Bertz CT molecular complexity index is 536. The second-order valence-corrected chi connectivity index (χ2v) is 6.54. The maximum atomic E-state index is 12.4. The van der Waals surface area contributed by atoms with Crippen molar-refractivity contribution in [1.82, 2.24) is 10.2 Å². The van der Waals surface area contributed by atoms with Gasteiger partial charge >= 0.3 is 0 Å². The first-order valence-corrected chi connectivity index (χ1v) is 8.39. The highest BCUT2D eigenvalue weighted by molar-refractivity contribution is 5.85. The summed E-state index contributed by atoms with van der Waals surface area (Å²) in [4.78, 5) is 14.4. The topological polar surface area (TPSA) is 41.6 Å². The molecule has 4 nitrogen and oxygen atoms in total. The molecule has 2 saturated heterocycles. The van der Waals surface area contributed by atoms with Crippen LogP contribution in [0.4, 0.5) is 0 Å². The Hall–Kier alpha value is -1.26. The molecule has 1 unspecified atom stereocenters. The number of nitrogens with one attached hydrogen (secondary N) is 1. The Morgan fingerprint density at radius 1 is 1.17 bits per heavy atom. The summed E-state index contributed by atoms with van der Waals surface area (Å²) in [5.41, 5.74) is 2.55. The third-order valence-electron chi connectivity index (χ3n) is 4.89. The van der Waals surface area contributed by atoms with E-state index in [-0.39, 0.29) is 30.5 Å². The zero-order valence-corrected chi connectivity index (χ0v) is 14.8. The van der Waals surface area contributed by atoms with E-state index < -0.39 is 0 Å². The van der Waals surface area contributed by atoms with Crippen LogP contribution in [0.3, 0.4) is 0 Å². The number of aryl methyl sites for hydroxylation is 2. The molecule has 0 bridgehead atoms. The first-order chi connectivity index (χ1) is 10.6. The lowest BCUT2D eigenvalue weighted by Gasteiger charge is -2.33. The average molecular weight is 339 g/mol. The van der Waals surface area contributed by atoms with Gasteiger partial charge in [0.05, 0.1) is 6.04 Å². The Morgan fingerprint density at radius 2 is 1.91 bits per heavy atom. The van der Waals surface area contributed by atoms with Crippen molar-refractivity contribution in [3.8, 4) is 5.75 Å². The molecule has 1 atom stereocenters. The fourth-order valence-corrected chi connectivity index (χ4v) is 3.29. The lowest BCUT2D eigenvalue weighted by molar-refractivity contribution is -0.134. The van der Waals surface area contributed by atoms with Crippen LogP contribution in [0.5, 0.6) is 5.75 Å². The Labute approximate surface area is 145 Å². The van der Waals surface area contributed by atoms with Crippen LogP contribution in [0, 0.1) is 13.8 Å². The normalized spacial score (nSPS) is 21.8. The van der Waals surface area contributed by atoms with E-state index in [1.165, 1.54) is 11.1 Å². The second-order valence-electron chi connectivity index (χ2n) is 6.54. The predicted octanol–water partition coefficient (Wildman–Crippen LogP) is 2.85. The largest absolute Gasteiger partial charge is 0.490 e. The van der Waals surface area contributed by atoms with E-state index >= 15 is 0 Å². The number of amides is 1. The molecule has 0 aromatic heterocycles. The third kappa shape index (κ3) is 4.39.